The van der Waals surface area contributed by atoms with Gasteiger partial charge in [0, 0.05) is 38.3 Å². The van der Waals surface area contributed by atoms with Gasteiger partial charge in [-0.2, -0.15) is 0 Å². The molecule has 0 saturated carbocycles. The summed E-state index contributed by atoms with van der Waals surface area (Å²) in [7, 11) is 0. The molecule has 2 heterocycles. The third kappa shape index (κ3) is 5.13. The number of nitrogens with zero attached hydrogens (tertiary/aromatic N) is 2. The van der Waals surface area contributed by atoms with Gasteiger partial charge in [-0.1, -0.05) is 153 Å². The molecule has 11 aromatic rings. The normalized spacial score (nSPS) is 13.1. The minimum atomic E-state index is -0.100. The summed E-state index contributed by atoms with van der Waals surface area (Å²) in [4.78, 5) is 0. The highest BCUT2D eigenvalue weighted by Crippen LogP contribution is 2.51. The molecule has 2 aromatic heterocycles. The van der Waals surface area contributed by atoms with Crippen molar-refractivity contribution in [2.45, 2.75) is 19.3 Å². The monoisotopic (exact) mass is 752 g/mol. The van der Waals surface area contributed by atoms with E-state index in [9.17, 15) is 0 Å². The second-order valence-corrected chi connectivity index (χ2v) is 16.6. The van der Waals surface area contributed by atoms with Crippen LogP contribution in [0, 0.1) is 0 Å². The molecule has 59 heavy (non-hydrogen) atoms. The Morgan fingerprint density at radius 1 is 0.288 bits per heavy atom. The zero-order valence-corrected chi connectivity index (χ0v) is 33.0. The van der Waals surface area contributed by atoms with E-state index in [1.807, 2.05) is 0 Å². The molecule has 2 nitrogen and oxygen atoms in total. The Morgan fingerprint density at radius 3 is 1.53 bits per heavy atom. The van der Waals surface area contributed by atoms with Gasteiger partial charge in [-0.3, -0.25) is 0 Å². The molecule has 0 atom stereocenters. The first kappa shape index (κ1) is 33.7. The molecular formula is C57H40N2. The molecule has 1 aliphatic carbocycles. The van der Waals surface area contributed by atoms with Crippen LogP contribution in [0.2, 0.25) is 0 Å². The Labute approximate surface area is 343 Å². The van der Waals surface area contributed by atoms with Crippen molar-refractivity contribution in [3.05, 3.63) is 217 Å². The summed E-state index contributed by atoms with van der Waals surface area (Å²) in [5, 5.41) is 5.04. The van der Waals surface area contributed by atoms with E-state index >= 15 is 0 Å². The molecule has 0 aliphatic heterocycles. The van der Waals surface area contributed by atoms with Crippen molar-refractivity contribution in [2.24, 2.45) is 0 Å². The lowest BCUT2D eigenvalue weighted by molar-refractivity contribution is 0.661. The van der Waals surface area contributed by atoms with E-state index in [2.05, 4.69) is 229 Å². The highest BCUT2D eigenvalue weighted by atomic mass is 15.0. The molecule has 0 saturated heterocycles. The zero-order valence-electron chi connectivity index (χ0n) is 33.0. The van der Waals surface area contributed by atoms with Crippen LogP contribution in [-0.4, -0.2) is 9.13 Å². The van der Waals surface area contributed by atoms with Crippen LogP contribution in [0.25, 0.3) is 99.5 Å². The Kier molecular flexibility index (Phi) is 7.31. The number of hydrogen-bond donors (Lipinski definition) is 0. The quantitative estimate of drug-likeness (QED) is 0.166. The van der Waals surface area contributed by atoms with Crippen molar-refractivity contribution >= 4 is 43.6 Å². The molecule has 0 radical (unpaired) electrons. The lowest BCUT2D eigenvalue weighted by atomic mass is 9.82. The predicted octanol–water partition coefficient (Wildman–Crippen LogP) is 15.2. The van der Waals surface area contributed by atoms with E-state index in [0.717, 1.165) is 5.69 Å². The average molecular weight is 753 g/mol. The van der Waals surface area contributed by atoms with E-state index in [0.29, 0.717) is 0 Å². The maximum atomic E-state index is 2.49. The van der Waals surface area contributed by atoms with Gasteiger partial charge in [0.05, 0.1) is 22.1 Å². The summed E-state index contributed by atoms with van der Waals surface area (Å²) in [5.74, 6) is 0. The van der Waals surface area contributed by atoms with Crippen LogP contribution in [0.15, 0.2) is 206 Å². The minimum Gasteiger partial charge on any atom is -0.309 e. The maximum absolute atomic E-state index is 2.49. The van der Waals surface area contributed by atoms with Gasteiger partial charge < -0.3 is 9.13 Å². The van der Waals surface area contributed by atoms with E-state index in [4.69, 9.17) is 0 Å². The molecule has 9 aromatic carbocycles. The second kappa shape index (κ2) is 12.8. The van der Waals surface area contributed by atoms with Gasteiger partial charge in [0.25, 0.3) is 0 Å². The van der Waals surface area contributed by atoms with Crippen LogP contribution in [0.4, 0.5) is 0 Å². The predicted molar refractivity (Wildman–Crippen MR) is 249 cm³/mol. The molecule has 2 heteroatoms. The average Bonchev–Trinajstić information content (AvgIpc) is 3.88. The summed E-state index contributed by atoms with van der Waals surface area (Å²) in [6.45, 7) is 4.75. The first-order valence-corrected chi connectivity index (χ1v) is 20.6. The lowest BCUT2D eigenvalue weighted by Gasteiger charge is -2.21. The maximum Gasteiger partial charge on any atom is 0.0544 e. The van der Waals surface area contributed by atoms with E-state index in [1.54, 1.807) is 0 Å². The van der Waals surface area contributed by atoms with Crippen molar-refractivity contribution in [3.63, 3.8) is 0 Å². The number of para-hydroxylation sites is 1. The molecule has 12 rings (SSSR count). The van der Waals surface area contributed by atoms with Crippen molar-refractivity contribution in [3.8, 4) is 55.9 Å². The lowest BCUT2D eigenvalue weighted by Crippen LogP contribution is -2.14. The highest BCUT2D eigenvalue weighted by Gasteiger charge is 2.36. The Balaban J connectivity index is 1.05. The van der Waals surface area contributed by atoms with Crippen LogP contribution in [0.3, 0.4) is 0 Å². The number of aromatic nitrogens is 2. The molecule has 0 unspecified atom stereocenters. The third-order valence-corrected chi connectivity index (χ3v) is 12.9. The standard InChI is InChI=1S/C57H40N2/c1-57(2)51-22-11-9-20-45(51)47-35-50-49-34-42(27-31-55(49)59(56(50)36-52(47)57)44-19-13-18-40(32-44)38-16-7-4-8-17-38)41-26-30-54-48(33-41)46-21-10-12-23-53(46)58(54)43-28-24-39(25-29-43)37-14-5-3-6-15-37/h3-36H,1-2H3. The molecular weight excluding hydrogens is 713 g/mol. The van der Waals surface area contributed by atoms with Crippen molar-refractivity contribution in [1.29, 1.82) is 0 Å². The van der Waals surface area contributed by atoms with Crippen LogP contribution in [-0.2, 0) is 5.41 Å². The summed E-state index contributed by atoms with van der Waals surface area (Å²) in [5.41, 5.74) is 19.8. The minimum absolute atomic E-state index is 0.100. The smallest absolute Gasteiger partial charge is 0.0544 e. The molecule has 0 N–H and O–H groups in total. The number of benzene rings is 9. The number of hydrogen-bond acceptors (Lipinski definition) is 0. The highest BCUT2D eigenvalue weighted by molar-refractivity contribution is 6.14. The Bertz CT molecular complexity index is 3440. The van der Waals surface area contributed by atoms with E-state index < -0.39 is 0 Å². The van der Waals surface area contributed by atoms with Gasteiger partial charge in [0.15, 0.2) is 0 Å². The number of rotatable bonds is 5. The summed E-state index contributed by atoms with van der Waals surface area (Å²) in [6.07, 6.45) is 0. The van der Waals surface area contributed by atoms with Crippen molar-refractivity contribution < 1.29 is 0 Å². The molecule has 0 amide bonds. The Morgan fingerprint density at radius 2 is 0.797 bits per heavy atom. The van der Waals surface area contributed by atoms with Gasteiger partial charge in [0.1, 0.15) is 0 Å². The fourth-order valence-corrected chi connectivity index (χ4v) is 9.99. The van der Waals surface area contributed by atoms with Crippen molar-refractivity contribution in [2.75, 3.05) is 0 Å². The van der Waals surface area contributed by atoms with E-state index in [-0.39, 0.29) is 5.41 Å². The summed E-state index contributed by atoms with van der Waals surface area (Å²) >= 11 is 0. The third-order valence-electron chi connectivity index (χ3n) is 12.9. The largest absolute Gasteiger partial charge is 0.309 e. The van der Waals surface area contributed by atoms with Gasteiger partial charge in [-0.05, 0) is 122 Å². The molecule has 0 spiro atoms. The number of fused-ring (bicyclic) bond motifs is 9. The molecule has 1 aliphatic rings. The van der Waals surface area contributed by atoms with Crippen LogP contribution in [0.1, 0.15) is 25.0 Å². The fourth-order valence-electron chi connectivity index (χ4n) is 9.99. The van der Waals surface area contributed by atoms with E-state index in [1.165, 1.54) is 105 Å². The Hall–Kier alpha value is -7.42. The summed E-state index contributed by atoms with van der Waals surface area (Å²) < 4.78 is 4.89. The topological polar surface area (TPSA) is 9.86 Å². The van der Waals surface area contributed by atoms with Crippen LogP contribution < -0.4 is 0 Å². The second-order valence-electron chi connectivity index (χ2n) is 16.6. The SMILES string of the molecule is CC1(C)c2ccccc2-c2cc3c4cc(-c5ccc6c(c5)c5ccccc5n6-c5ccc(-c6ccccc6)cc5)ccc4n(-c4cccc(-c5ccccc5)c4)c3cc21. The van der Waals surface area contributed by atoms with Crippen molar-refractivity contribution in [1.82, 2.24) is 9.13 Å². The van der Waals surface area contributed by atoms with Gasteiger partial charge in [-0.15, -0.1) is 0 Å². The fraction of sp³-hybridized carbons (Fsp3) is 0.0526. The van der Waals surface area contributed by atoms with Gasteiger partial charge >= 0.3 is 0 Å². The first-order chi connectivity index (χ1) is 29.0. The first-order valence-electron chi connectivity index (χ1n) is 20.6. The zero-order chi connectivity index (χ0) is 39.2. The molecule has 0 bridgehead atoms. The van der Waals surface area contributed by atoms with Gasteiger partial charge in [0.2, 0.25) is 0 Å². The summed E-state index contributed by atoms with van der Waals surface area (Å²) in [6, 6.07) is 76.1. The van der Waals surface area contributed by atoms with Gasteiger partial charge in [-0.25, -0.2) is 0 Å². The molecule has 278 valence electrons. The van der Waals surface area contributed by atoms with Crippen LogP contribution in [0.5, 0.6) is 0 Å². The molecule has 0 fully saturated rings. The van der Waals surface area contributed by atoms with Crippen LogP contribution >= 0.6 is 0 Å².